The Kier molecular flexibility index (Phi) is 4.52. The van der Waals surface area contributed by atoms with Gasteiger partial charge in [0, 0.05) is 11.5 Å². The van der Waals surface area contributed by atoms with Gasteiger partial charge in [-0.2, -0.15) is 9.78 Å². The van der Waals surface area contributed by atoms with Gasteiger partial charge in [0.2, 0.25) is 5.91 Å². The summed E-state index contributed by atoms with van der Waals surface area (Å²) in [4.78, 5) is 16.8. The molecule has 25 heavy (non-hydrogen) atoms. The second-order valence-corrected chi connectivity index (χ2v) is 7.12. The van der Waals surface area contributed by atoms with E-state index < -0.39 is 5.38 Å². The van der Waals surface area contributed by atoms with Crippen LogP contribution >= 0.6 is 11.6 Å². The van der Waals surface area contributed by atoms with Gasteiger partial charge in [-0.1, -0.05) is 11.6 Å². The molecule has 0 saturated heterocycles. The molecular formula is C19H21ClN4O. The molecule has 1 amide bonds. The molecule has 0 bridgehead atoms. The second-order valence-electron chi connectivity index (χ2n) is 6.46. The van der Waals surface area contributed by atoms with E-state index in [1.165, 1.54) is 5.56 Å². The summed E-state index contributed by atoms with van der Waals surface area (Å²) in [6.07, 6.45) is 0. The first kappa shape index (κ1) is 17.4. The zero-order valence-electron chi connectivity index (χ0n) is 15.0. The Balaban J connectivity index is 2.16. The number of carbonyl (C=O) groups excluding carboxylic acids is 1. The largest absolute Gasteiger partial charge is 0.309 e. The monoisotopic (exact) mass is 356 g/mol. The Labute approximate surface area is 152 Å². The van der Waals surface area contributed by atoms with Crippen molar-refractivity contribution in [3.8, 4) is 5.82 Å². The summed E-state index contributed by atoms with van der Waals surface area (Å²) in [5, 5.41) is 7.80. The highest BCUT2D eigenvalue weighted by Crippen LogP contribution is 2.26. The highest BCUT2D eigenvalue weighted by atomic mass is 35.5. The van der Waals surface area contributed by atoms with Gasteiger partial charge in [0.1, 0.15) is 11.2 Å². The van der Waals surface area contributed by atoms with Crippen LogP contribution in [0.5, 0.6) is 0 Å². The van der Waals surface area contributed by atoms with Crippen LogP contribution in [0.3, 0.4) is 0 Å². The zero-order valence-corrected chi connectivity index (χ0v) is 15.8. The molecule has 2 aromatic heterocycles. The molecule has 0 aliphatic rings. The molecule has 1 aromatic carbocycles. The van der Waals surface area contributed by atoms with Gasteiger partial charge in [0.05, 0.1) is 11.2 Å². The smallest absolute Gasteiger partial charge is 0.243 e. The second kappa shape index (κ2) is 6.48. The van der Waals surface area contributed by atoms with E-state index in [2.05, 4.69) is 43.3 Å². The minimum Gasteiger partial charge on any atom is -0.309 e. The predicted molar refractivity (Wildman–Crippen MR) is 102 cm³/mol. The standard InChI is InChI=1S/C19H21ClN4O/c1-10-6-12(3)18-15(7-10)11(2)8-16(21-18)24-17(9-13(4)23-24)22-19(25)14(5)20/h6-9,14H,1-5H3,(H,22,25). The third kappa shape index (κ3) is 3.37. The van der Waals surface area contributed by atoms with E-state index in [0.717, 1.165) is 27.7 Å². The minimum absolute atomic E-state index is 0.271. The molecule has 0 fully saturated rings. The van der Waals surface area contributed by atoms with E-state index in [1.54, 1.807) is 17.7 Å². The van der Waals surface area contributed by atoms with Gasteiger partial charge in [-0.3, -0.25) is 4.79 Å². The molecule has 0 aliphatic heterocycles. The fourth-order valence-electron chi connectivity index (χ4n) is 2.92. The zero-order chi connectivity index (χ0) is 18.3. The highest BCUT2D eigenvalue weighted by Gasteiger charge is 2.16. The maximum absolute atomic E-state index is 12.0. The van der Waals surface area contributed by atoms with Gasteiger partial charge in [0.25, 0.3) is 0 Å². The van der Waals surface area contributed by atoms with Crippen LogP contribution in [0.25, 0.3) is 16.7 Å². The highest BCUT2D eigenvalue weighted by molar-refractivity contribution is 6.32. The number of pyridine rings is 1. The van der Waals surface area contributed by atoms with Crippen molar-refractivity contribution in [2.24, 2.45) is 0 Å². The molecule has 3 rings (SSSR count). The molecule has 0 radical (unpaired) electrons. The quantitative estimate of drug-likeness (QED) is 0.715. The van der Waals surface area contributed by atoms with Crippen LogP contribution in [0, 0.1) is 27.7 Å². The molecule has 1 N–H and O–H groups in total. The Bertz CT molecular complexity index is 975. The number of rotatable bonds is 3. The fraction of sp³-hybridized carbons (Fsp3) is 0.316. The van der Waals surface area contributed by atoms with Crippen LogP contribution < -0.4 is 5.32 Å². The first-order chi connectivity index (χ1) is 11.8. The summed E-state index contributed by atoms with van der Waals surface area (Å²) >= 11 is 5.86. The lowest BCUT2D eigenvalue weighted by molar-refractivity contribution is -0.115. The molecule has 0 saturated carbocycles. The number of fused-ring (bicyclic) bond motifs is 1. The number of amides is 1. The maximum Gasteiger partial charge on any atom is 0.243 e. The van der Waals surface area contributed by atoms with Crippen molar-refractivity contribution in [3.05, 3.63) is 46.6 Å². The molecule has 1 unspecified atom stereocenters. The van der Waals surface area contributed by atoms with Crippen molar-refractivity contribution in [2.45, 2.75) is 40.0 Å². The van der Waals surface area contributed by atoms with Gasteiger partial charge in [-0.05, 0) is 57.9 Å². The summed E-state index contributed by atoms with van der Waals surface area (Å²) in [5.74, 6) is 0.959. The van der Waals surface area contributed by atoms with Gasteiger partial charge in [0.15, 0.2) is 5.82 Å². The molecule has 6 heteroatoms. The third-order valence-corrected chi connectivity index (χ3v) is 4.30. The van der Waals surface area contributed by atoms with Crippen LogP contribution in [-0.4, -0.2) is 26.0 Å². The lowest BCUT2D eigenvalue weighted by atomic mass is 10.0. The average Bonchev–Trinajstić information content (AvgIpc) is 2.88. The van der Waals surface area contributed by atoms with E-state index in [1.807, 2.05) is 13.0 Å². The van der Waals surface area contributed by atoms with Crippen LogP contribution in [0.4, 0.5) is 5.82 Å². The van der Waals surface area contributed by atoms with Gasteiger partial charge in [-0.25, -0.2) is 4.98 Å². The molecule has 2 heterocycles. The van der Waals surface area contributed by atoms with Crippen molar-refractivity contribution in [3.63, 3.8) is 0 Å². The maximum atomic E-state index is 12.0. The van der Waals surface area contributed by atoms with E-state index >= 15 is 0 Å². The Hall–Kier alpha value is -2.40. The number of nitrogens with zero attached hydrogens (tertiary/aromatic N) is 3. The van der Waals surface area contributed by atoms with Gasteiger partial charge >= 0.3 is 0 Å². The molecule has 130 valence electrons. The lowest BCUT2D eigenvalue weighted by Crippen LogP contribution is -2.22. The molecule has 5 nitrogen and oxygen atoms in total. The third-order valence-electron chi connectivity index (χ3n) is 4.10. The van der Waals surface area contributed by atoms with Crippen LogP contribution in [-0.2, 0) is 4.79 Å². The molecule has 1 atom stereocenters. The number of anilines is 1. The SMILES string of the molecule is Cc1cc(C)c2nc(-n3nc(C)cc3NC(=O)C(C)Cl)cc(C)c2c1. The number of halogens is 1. The fourth-order valence-corrected chi connectivity index (χ4v) is 2.98. The number of hydrogen-bond acceptors (Lipinski definition) is 3. The molecule has 3 aromatic rings. The lowest BCUT2D eigenvalue weighted by Gasteiger charge is -2.12. The topological polar surface area (TPSA) is 59.8 Å². The number of alkyl halides is 1. The summed E-state index contributed by atoms with van der Waals surface area (Å²) in [6, 6.07) is 8.04. The summed E-state index contributed by atoms with van der Waals surface area (Å²) < 4.78 is 1.65. The Morgan fingerprint density at radius 1 is 1.12 bits per heavy atom. The number of nitrogens with one attached hydrogen (secondary N) is 1. The summed E-state index contributed by atoms with van der Waals surface area (Å²) in [6.45, 7) is 9.70. The Morgan fingerprint density at radius 3 is 2.52 bits per heavy atom. The number of hydrogen-bond donors (Lipinski definition) is 1. The van der Waals surface area contributed by atoms with Gasteiger partial charge in [-0.15, -0.1) is 11.6 Å². The summed E-state index contributed by atoms with van der Waals surface area (Å²) in [7, 11) is 0. The summed E-state index contributed by atoms with van der Waals surface area (Å²) in [5.41, 5.74) is 5.17. The number of carbonyl (C=O) groups is 1. The first-order valence-electron chi connectivity index (χ1n) is 8.17. The van der Waals surface area contributed by atoms with E-state index in [-0.39, 0.29) is 5.91 Å². The number of aromatic nitrogens is 3. The van der Waals surface area contributed by atoms with Crippen LogP contribution in [0.15, 0.2) is 24.3 Å². The molecular weight excluding hydrogens is 336 g/mol. The van der Waals surface area contributed by atoms with Crippen molar-refractivity contribution >= 4 is 34.2 Å². The number of aryl methyl sites for hydroxylation is 4. The van der Waals surface area contributed by atoms with E-state index in [9.17, 15) is 4.79 Å². The van der Waals surface area contributed by atoms with Crippen molar-refractivity contribution in [1.29, 1.82) is 0 Å². The normalized spacial score (nSPS) is 12.4. The van der Waals surface area contributed by atoms with Crippen LogP contribution in [0.1, 0.15) is 29.3 Å². The average molecular weight is 357 g/mol. The first-order valence-corrected chi connectivity index (χ1v) is 8.60. The molecule has 0 spiro atoms. The molecule has 0 aliphatic carbocycles. The van der Waals surface area contributed by atoms with E-state index in [0.29, 0.717) is 11.6 Å². The predicted octanol–water partition coefficient (Wildman–Crippen LogP) is 4.22. The van der Waals surface area contributed by atoms with Crippen molar-refractivity contribution in [2.75, 3.05) is 5.32 Å². The van der Waals surface area contributed by atoms with Crippen LogP contribution in [0.2, 0.25) is 0 Å². The Morgan fingerprint density at radius 2 is 1.84 bits per heavy atom. The van der Waals surface area contributed by atoms with E-state index in [4.69, 9.17) is 16.6 Å². The minimum atomic E-state index is -0.625. The van der Waals surface area contributed by atoms with Crippen molar-refractivity contribution in [1.82, 2.24) is 14.8 Å². The van der Waals surface area contributed by atoms with Gasteiger partial charge < -0.3 is 5.32 Å². The van der Waals surface area contributed by atoms with Crippen molar-refractivity contribution < 1.29 is 4.79 Å². The number of benzene rings is 1.